The van der Waals surface area contributed by atoms with Gasteiger partial charge in [-0.15, -0.1) is 0 Å². The third-order valence-electron chi connectivity index (χ3n) is 7.22. The predicted octanol–water partition coefficient (Wildman–Crippen LogP) is 1.81. The van der Waals surface area contributed by atoms with Crippen LogP contribution in [0.25, 0.3) is 0 Å². The van der Waals surface area contributed by atoms with E-state index in [-0.39, 0.29) is 23.4 Å². The Labute approximate surface area is 182 Å². The lowest BCUT2D eigenvalue weighted by molar-refractivity contribution is -0.133. The van der Waals surface area contributed by atoms with Crippen LogP contribution in [-0.4, -0.2) is 86.6 Å². The molecule has 3 aliphatic heterocycles. The highest BCUT2D eigenvalue weighted by molar-refractivity contribution is 5.90. The lowest BCUT2D eigenvalue weighted by Gasteiger charge is -2.46. The second kappa shape index (κ2) is 7.94. The molecular weight excluding hydrogens is 398 g/mol. The SMILES string of the molecule is COc1cccc(NC(=O)N2CCC3(CC2)CN(C(=O)N(C)C)C[C@@]32CCNC2=O)c1. The van der Waals surface area contributed by atoms with Crippen LogP contribution in [0.1, 0.15) is 19.3 Å². The van der Waals surface area contributed by atoms with Gasteiger partial charge in [0.25, 0.3) is 0 Å². The van der Waals surface area contributed by atoms with Crippen molar-refractivity contribution in [2.45, 2.75) is 19.3 Å². The maximum Gasteiger partial charge on any atom is 0.321 e. The van der Waals surface area contributed by atoms with Gasteiger partial charge in [-0.3, -0.25) is 4.79 Å². The van der Waals surface area contributed by atoms with Crippen molar-refractivity contribution < 1.29 is 19.1 Å². The largest absolute Gasteiger partial charge is 0.497 e. The summed E-state index contributed by atoms with van der Waals surface area (Å²) in [5, 5.41) is 5.93. The first kappa shape index (κ1) is 21.3. The number of methoxy groups -OCH3 is 1. The summed E-state index contributed by atoms with van der Waals surface area (Å²) in [6, 6.07) is 7.04. The number of piperidine rings is 1. The molecule has 9 heteroatoms. The van der Waals surface area contributed by atoms with Crippen molar-refractivity contribution in [3.05, 3.63) is 24.3 Å². The summed E-state index contributed by atoms with van der Waals surface area (Å²) < 4.78 is 5.22. The van der Waals surface area contributed by atoms with Gasteiger partial charge in [0.2, 0.25) is 5.91 Å². The summed E-state index contributed by atoms with van der Waals surface area (Å²) >= 11 is 0. The molecule has 1 atom stereocenters. The van der Waals surface area contributed by atoms with Crippen LogP contribution in [0.3, 0.4) is 0 Å². The Balaban J connectivity index is 1.48. The molecule has 0 saturated carbocycles. The molecule has 3 fully saturated rings. The number of benzene rings is 1. The van der Waals surface area contributed by atoms with Crippen molar-refractivity contribution in [3.8, 4) is 5.75 Å². The number of likely N-dealkylation sites (tertiary alicyclic amines) is 2. The summed E-state index contributed by atoms with van der Waals surface area (Å²) in [6.45, 7) is 2.75. The van der Waals surface area contributed by atoms with E-state index in [1.807, 2.05) is 23.1 Å². The van der Waals surface area contributed by atoms with Gasteiger partial charge in [-0.2, -0.15) is 0 Å². The standard InChI is InChI=1S/C22H31N5O4/c1-25(2)20(30)27-14-21(22(15-27)7-10-23-18(22)28)8-11-26(12-9-21)19(29)24-16-5-4-6-17(13-16)31-3/h4-6,13H,7-12,14-15H2,1-3H3,(H,23,28)(H,24,29)/t22-/m1/s1. The lowest BCUT2D eigenvalue weighted by atomic mass is 9.60. The number of hydrogen-bond donors (Lipinski definition) is 2. The molecule has 4 rings (SSSR count). The molecule has 0 aliphatic carbocycles. The average Bonchev–Trinajstić information content (AvgIpc) is 3.29. The minimum Gasteiger partial charge on any atom is -0.497 e. The summed E-state index contributed by atoms with van der Waals surface area (Å²) in [6.07, 6.45) is 2.13. The van der Waals surface area contributed by atoms with Crippen LogP contribution in [0.5, 0.6) is 5.75 Å². The highest BCUT2D eigenvalue weighted by atomic mass is 16.5. The normalized spacial score (nSPS) is 24.4. The number of nitrogens with zero attached hydrogens (tertiary/aromatic N) is 3. The smallest absolute Gasteiger partial charge is 0.321 e. The topological polar surface area (TPSA) is 94.2 Å². The number of anilines is 1. The van der Waals surface area contributed by atoms with Crippen molar-refractivity contribution in [1.82, 2.24) is 20.0 Å². The van der Waals surface area contributed by atoms with Gasteiger partial charge in [0.15, 0.2) is 0 Å². The molecule has 1 aromatic carbocycles. The number of carbonyl (C=O) groups excluding carboxylic acids is 3. The third kappa shape index (κ3) is 3.55. The Hall–Kier alpha value is -2.97. The van der Waals surface area contributed by atoms with E-state index in [0.717, 1.165) is 6.42 Å². The number of carbonyl (C=O) groups is 3. The Morgan fingerprint density at radius 1 is 1.13 bits per heavy atom. The number of urea groups is 2. The fourth-order valence-electron chi connectivity index (χ4n) is 5.49. The number of rotatable bonds is 2. The molecule has 0 bridgehead atoms. The van der Waals surface area contributed by atoms with Crippen LogP contribution in [0.15, 0.2) is 24.3 Å². The van der Waals surface area contributed by atoms with Gasteiger partial charge in [-0.05, 0) is 31.4 Å². The second-order valence-corrected chi connectivity index (χ2v) is 9.05. The van der Waals surface area contributed by atoms with E-state index in [4.69, 9.17) is 4.74 Å². The molecule has 0 unspecified atom stereocenters. The van der Waals surface area contributed by atoms with Crippen molar-refractivity contribution in [1.29, 1.82) is 0 Å². The number of nitrogens with one attached hydrogen (secondary N) is 2. The Morgan fingerprint density at radius 2 is 1.87 bits per heavy atom. The highest BCUT2D eigenvalue weighted by Crippen LogP contribution is 2.56. The lowest BCUT2D eigenvalue weighted by Crippen LogP contribution is -2.53. The predicted molar refractivity (Wildman–Crippen MR) is 116 cm³/mol. The molecule has 3 heterocycles. The van der Waals surface area contributed by atoms with E-state index in [1.165, 1.54) is 0 Å². The number of amides is 5. The molecule has 2 spiro atoms. The summed E-state index contributed by atoms with van der Waals surface area (Å²) in [7, 11) is 5.06. The zero-order valence-electron chi connectivity index (χ0n) is 18.4. The fraction of sp³-hybridized carbons (Fsp3) is 0.591. The van der Waals surface area contributed by atoms with Crippen LogP contribution in [0.4, 0.5) is 15.3 Å². The number of fused-ring (bicyclic) bond motifs is 1. The molecular formula is C22H31N5O4. The van der Waals surface area contributed by atoms with Gasteiger partial charge < -0.3 is 30.1 Å². The van der Waals surface area contributed by atoms with E-state index in [2.05, 4.69) is 10.6 Å². The van der Waals surface area contributed by atoms with Crippen LogP contribution >= 0.6 is 0 Å². The van der Waals surface area contributed by atoms with Gasteiger partial charge >= 0.3 is 12.1 Å². The quantitative estimate of drug-likeness (QED) is 0.750. The Bertz CT molecular complexity index is 880. The zero-order chi connectivity index (χ0) is 22.2. The third-order valence-corrected chi connectivity index (χ3v) is 7.22. The van der Waals surface area contributed by atoms with E-state index < -0.39 is 5.41 Å². The van der Waals surface area contributed by atoms with Crippen LogP contribution in [0, 0.1) is 10.8 Å². The molecule has 168 valence electrons. The summed E-state index contributed by atoms with van der Waals surface area (Å²) in [4.78, 5) is 43.6. The molecule has 9 nitrogen and oxygen atoms in total. The molecule has 31 heavy (non-hydrogen) atoms. The Kier molecular flexibility index (Phi) is 5.45. The van der Waals surface area contributed by atoms with Crippen molar-refractivity contribution in [2.75, 3.05) is 59.2 Å². The second-order valence-electron chi connectivity index (χ2n) is 9.05. The molecule has 5 amide bonds. The van der Waals surface area contributed by atoms with Crippen LogP contribution in [0.2, 0.25) is 0 Å². The first-order valence-electron chi connectivity index (χ1n) is 10.7. The van der Waals surface area contributed by atoms with Crippen molar-refractivity contribution in [3.63, 3.8) is 0 Å². The zero-order valence-corrected chi connectivity index (χ0v) is 18.4. The summed E-state index contributed by atoms with van der Waals surface area (Å²) in [5.74, 6) is 0.733. The molecule has 0 aromatic heterocycles. The first-order chi connectivity index (χ1) is 14.8. The monoisotopic (exact) mass is 429 g/mol. The molecule has 3 saturated heterocycles. The van der Waals surface area contributed by atoms with Crippen molar-refractivity contribution in [2.24, 2.45) is 10.8 Å². The molecule has 2 N–H and O–H groups in total. The van der Waals surface area contributed by atoms with Gasteiger partial charge in [0, 0.05) is 64.0 Å². The van der Waals surface area contributed by atoms with E-state index >= 15 is 0 Å². The molecule has 0 radical (unpaired) electrons. The van der Waals surface area contributed by atoms with Gasteiger partial charge in [-0.25, -0.2) is 9.59 Å². The minimum absolute atomic E-state index is 0.0517. The average molecular weight is 430 g/mol. The first-order valence-corrected chi connectivity index (χ1v) is 10.7. The molecule has 3 aliphatic rings. The van der Waals surface area contributed by atoms with E-state index in [1.54, 1.807) is 37.1 Å². The maximum absolute atomic E-state index is 13.0. The van der Waals surface area contributed by atoms with Crippen molar-refractivity contribution >= 4 is 23.7 Å². The fourth-order valence-corrected chi connectivity index (χ4v) is 5.49. The molecule has 1 aromatic rings. The Morgan fingerprint density at radius 3 is 2.48 bits per heavy atom. The summed E-state index contributed by atoms with van der Waals surface area (Å²) in [5.41, 5.74) is -0.181. The van der Waals surface area contributed by atoms with E-state index in [9.17, 15) is 14.4 Å². The number of hydrogen-bond acceptors (Lipinski definition) is 4. The number of ether oxygens (including phenoxy) is 1. The van der Waals surface area contributed by atoms with Gasteiger partial charge in [0.1, 0.15) is 5.75 Å². The van der Waals surface area contributed by atoms with Gasteiger partial charge in [-0.1, -0.05) is 6.07 Å². The minimum atomic E-state index is -0.561. The van der Waals surface area contributed by atoms with Gasteiger partial charge in [0.05, 0.1) is 12.5 Å². The highest BCUT2D eigenvalue weighted by Gasteiger charge is 2.64. The maximum atomic E-state index is 13.0. The van der Waals surface area contributed by atoms with Crippen LogP contribution in [-0.2, 0) is 4.79 Å². The van der Waals surface area contributed by atoms with Crippen LogP contribution < -0.4 is 15.4 Å². The van der Waals surface area contributed by atoms with E-state index in [0.29, 0.717) is 57.0 Å².